The zero-order chi connectivity index (χ0) is 14.7. The average molecular weight is 282 g/mol. The van der Waals surface area contributed by atoms with Crippen LogP contribution in [0.5, 0.6) is 0 Å². The third-order valence-electron chi connectivity index (χ3n) is 3.94. The molecule has 0 radical (unpaired) electrons. The van der Waals surface area contributed by atoms with Gasteiger partial charge in [0.25, 0.3) is 5.91 Å². The Morgan fingerprint density at radius 1 is 1.25 bits per heavy atom. The average Bonchev–Trinajstić information content (AvgIpc) is 2.46. The van der Waals surface area contributed by atoms with Gasteiger partial charge >= 0.3 is 0 Å². The standard InChI is InChI=1S/C15H20F2N2O/c1-2-19(11-6-4-3-5-7-11)15(20)10-8-12(16)14(18)13(17)9-10/h8-9,11H,2-7,18H2,1H3. The number of anilines is 1. The number of hydrogen-bond acceptors (Lipinski definition) is 2. The lowest BCUT2D eigenvalue weighted by Crippen LogP contribution is -2.41. The second kappa shape index (κ2) is 6.20. The van der Waals surface area contributed by atoms with Crippen LogP contribution in [-0.4, -0.2) is 23.4 Å². The molecule has 20 heavy (non-hydrogen) atoms. The van der Waals surface area contributed by atoms with Crippen LogP contribution in [0, 0.1) is 11.6 Å². The molecule has 1 aliphatic rings. The molecule has 0 atom stereocenters. The van der Waals surface area contributed by atoms with Crippen molar-refractivity contribution in [1.82, 2.24) is 4.90 Å². The third kappa shape index (κ3) is 2.92. The first-order chi connectivity index (χ1) is 9.54. The number of amides is 1. The molecule has 2 rings (SSSR count). The predicted octanol–water partition coefficient (Wildman–Crippen LogP) is 3.34. The van der Waals surface area contributed by atoms with E-state index in [9.17, 15) is 13.6 Å². The van der Waals surface area contributed by atoms with Crippen molar-refractivity contribution in [3.8, 4) is 0 Å². The molecule has 1 saturated carbocycles. The fraction of sp³-hybridized carbons (Fsp3) is 0.533. The van der Waals surface area contributed by atoms with E-state index in [1.54, 1.807) is 4.90 Å². The Morgan fingerprint density at radius 2 is 1.80 bits per heavy atom. The van der Waals surface area contributed by atoms with Crippen molar-refractivity contribution in [2.24, 2.45) is 0 Å². The molecule has 0 aromatic heterocycles. The van der Waals surface area contributed by atoms with E-state index in [0.717, 1.165) is 37.8 Å². The molecule has 5 heteroatoms. The van der Waals surface area contributed by atoms with E-state index in [2.05, 4.69) is 0 Å². The van der Waals surface area contributed by atoms with Gasteiger partial charge in [-0.15, -0.1) is 0 Å². The molecular weight excluding hydrogens is 262 g/mol. The number of hydrogen-bond donors (Lipinski definition) is 1. The molecule has 0 spiro atoms. The van der Waals surface area contributed by atoms with Crippen molar-refractivity contribution < 1.29 is 13.6 Å². The molecule has 0 bridgehead atoms. The van der Waals surface area contributed by atoms with Crippen molar-refractivity contribution in [1.29, 1.82) is 0 Å². The number of nitrogens with zero attached hydrogens (tertiary/aromatic N) is 1. The summed E-state index contributed by atoms with van der Waals surface area (Å²) >= 11 is 0. The van der Waals surface area contributed by atoms with Gasteiger partial charge in [-0.05, 0) is 31.9 Å². The van der Waals surface area contributed by atoms with E-state index < -0.39 is 17.3 Å². The Balaban J connectivity index is 2.24. The fourth-order valence-corrected chi connectivity index (χ4v) is 2.83. The molecule has 2 N–H and O–H groups in total. The Kier molecular flexibility index (Phi) is 4.57. The van der Waals surface area contributed by atoms with Gasteiger partial charge in [-0.3, -0.25) is 4.79 Å². The van der Waals surface area contributed by atoms with Crippen LogP contribution in [0.15, 0.2) is 12.1 Å². The largest absolute Gasteiger partial charge is 0.394 e. The van der Waals surface area contributed by atoms with Crippen LogP contribution >= 0.6 is 0 Å². The lowest BCUT2D eigenvalue weighted by Gasteiger charge is -2.33. The highest BCUT2D eigenvalue weighted by molar-refractivity contribution is 5.94. The highest BCUT2D eigenvalue weighted by Crippen LogP contribution is 2.25. The minimum absolute atomic E-state index is 0.0293. The zero-order valence-electron chi connectivity index (χ0n) is 11.7. The molecule has 0 unspecified atom stereocenters. The Hall–Kier alpha value is -1.65. The fourth-order valence-electron chi connectivity index (χ4n) is 2.83. The molecule has 0 saturated heterocycles. The SMILES string of the molecule is CCN(C(=O)c1cc(F)c(N)c(F)c1)C1CCCCC1. The van der Waals surface area contributed by atoms with Gasteiger partial charge in [-0.25, -0.2) is 8.78 Å². The normalized spacial score (nSPS) is 16.1. The summed E-state index contributed by atoms with van der Waals surface area (Å²) in [5.74, 6) is -2.08. The van der Waals surface area contributed by atoms with Crippen molar-refractivity contribution in [3.63, 3.8) is 0 Å². The molecule has 1 amide bonds. The van der Waals surface area contributed by atoms with E-state index in [0.29, 0.717) is 6.54 Å². The van der Waals surface area contributed by atoms with Crippen molar-refractivity contribution in [2.45, 2.75) is 45.1 Å². The highest BCUT2D eigenvalue weighted by atomic mass is 19.1. The summed E-state index contributed by atoms with van der Waals surface area (Å²) in [6, 6.07) is 2.21. The molecule has 0 aliphatic heterocycles. The molecule has 1 aliphatic carbocycles. The van der Waals surface area contributed by atoms with Gasteiger partial charge in [0.1, 0.15) is 17.3 Å². The summed E-state index contributed by atoms with van der Waals surface area (Å²) in [5.41, 5.74) is 4.72. The molecule has 110 valence electrons. The van der Waals surface area contributed by atoms with Crippen LogP contribution in [0.25, 0.3) is 0 Å². The highest BCUT2D eigenvalue weighted by Gasteiger charge is 2.26. The number of carbonyl (C=O) groups is 1. The van der Waals surface area contributed by atoms with Crippen LogP contribution < -0.4 is 5.73 Å². The van der Waals surface area contributed by atoms with Gasteiger partial charge in [0.15, 0.2) is 0 Å². The molecule has 1 fully saturated rings. The van der Waals surface area contributed by atoms with E-state index >= 15 is 0 Å². The lowest BCUT2D eigenvalue weighted by atomic mass is 9.93. The van der Waals surface area contributed by atoms with E-state index in [-0.39, 0.29) is 17.5 Å². The number of nitrogen functional groups attached to an aromatic ring is 1. The maximum atomic E-state index is 13.5. The van der Waals surface area contributed by atoms with Crippen molar-refractivity contribution in [3.05, 3.63) is 29.3 Å². The maximum Gasteiger partial charge on any atom is 0.254 e. The predicted molar refractivity (Wildman–Crippen MR) is 74.4 cm³/mol. The van der Waals surface area contributed by atoms with Gasteiger partial charge in [0.05, 0.1) is 0 Å². The van der Waals surface area contributed by atoms with Crippen LogP contribution in [0.4, 0.5) is 14.5 Å². The van der Waals surface area contributed by atoms with Gasteiger partial charge < -0.3 is 10.6 Å². The Bertz CT molecular complexity index is 476. The number of halogens is 2. The molecule has 0 heterocycles. The number of rotatable bonds is 3. The first-order valence-corrected chi connectivity index (χ1v) is 7.10. The smallest absolute Gasteiger partial charge is 0.254 e. The third-order valence-corrected chi connectivity index (χ3v) is 3.94. The summed E-state index contributed by atoms with van der Waals surface area (Å²) in [6.45, 7) is 2.42. The van der Waals surface area contributed by atoms with E-state index in [1.807, 2.05) is 6.92 Å². The molecule has 1 aromatic rings. The minimum Gasteiger partial charge on any atom is -0.394 e. The van der Waals surface area contributed by atoms with Crippen LogP contribution in [-0.2, 0) is 0 Å². The molecular formula is C15H20F2N2O. The number of carbonyl (C=O) groups excluding carboxylic acids is 1. The van der Waals surface area contributed by atoms with Gasteiger partial charge in [0, 0.05) is 18.2 Å². The monoisotopic (exact) mass is 282 g/mol. The summed E-state index contributed by atoms with van der Waals surface area (Å²) in [7, 11) is 0. The second-order valence-corrected chi connectivity index (χ2v) is 5.24. The number of nitrogens with two attached hydrogens (primary N) is 1. The first kappa shape index (κ1) is 14.8. The quantitative estimate of drug-likeness (QED) is 0.864. The van der Waals surface area contributed by atoms with Gasteiger partial charge in [0.2, 0.25) is 0 Å². The summed E-state index contributed by atoms with van der Waals surface area (Å²) in [6.07, 6.45) is 5.30. The molecule has 1 aromatic carbocycles. The van der Waals surface area contributed by atoms with E-state index in [1.165, 1.54) is 6.42 Å². The topological polar surface area (TPSA) is 46.3 Å². The van der Waals surface area contributed by atoms with Crippen LogP contribution in [0.2, 0.25) is 0 Å². The van der Waals surface area contributed by atoms with Crippen LogP contribution in [0.3, 0.4) is 0 Å². The first-order valence-electron chi connectivity index (χ1n) is 7.10. The summed E-state index contributed by atoms with van der Waals surface area (Å²) in [5, 5.41) is 0. The van der Waals surface area contributed by atoms with Crippen molar-refractivity contribution >= 4 is 11.6 Å². The minimum atomic E-state index is -0.881. The van der Waals surface area contributed by atoms with Gasteiger partial charge in [-0.2, -0.15) is 0 Å². The Labute approximate surface area is 117 Å². The summed E-state index contributed by atoms with van der Waals surface area (Å²) in [4.78, 5) is 14.2. The number of benzene rings is 1. The van der Waals surface area contributed by atoms with E-state index in [4.69, 9.17) is 5.73 Å². The lowest BCUT2D eigenvalue weighted by molar-refractivity contribution is 0.0647. The second-order valence-electron chi connectivity index (χ2n) is 5.24. The summed E-state index contributed by atoms with van der Waals surface area (Å²) < 4.78 is 26.9. The van der Waals surface area contributed by atoms with Gasteiger partial charge in [-0.1, -0.05) is 19.3 Å². The Morgan fingerprint density at radius 3 is 2.30 bits per heavy atom. The van der Waals surface area contributed by atoms with Crippen molar-refractivity contribution in [2.75, 3.05) is 12.3 Å². The van der Waals surface area contributed by atoms with Crippen LogP contribution in [0.1, 0.15) is 49.4 Å². The zero-order valence-corrected chi connectivity index (χ0v) is 11.7. The maximum absolute atomic E-state index is 13.5. The molecule has 3 nitrogen and oxygen atoms in total.